The predicted molar refractivity (Wildman–Crippen MR) is 95.9 cm³/mol. The Hall–Kier alpha value is -1.82. The SMILES string of the molecule is CCCCN=C1NC(=O)[C@@H](CC(=O)Nc2cc(C)ccc2C)S1. The molecule has 124 valence electrons. The van der Waals surface area contributed by atoms with Crippen LogP contribution in [0, 0.1) is 13.8 Å². The molecule has 2 N–H and O–H groups in total. The molecule has 1 aliphatic heterocycles. The van der Waals surface area contributed by atoms with Crippen molar-refractivity contribution >= 4 is 34.4 Å². The number of unbranched alkanes of at least 4 members (excludes halogenated alkanes) is 1. The van der Waals surface area contributed by atoms with Gasteiger partial charge in [0.2, 0.25) is 11.8 Å². The van der Waals surface area contributed by atoms with Gasteiger partial charge in [0.25, 0.3) is 0 Å². The number of anilines is 1. The van der Waals surface area contributed by atoms with Crippen molar-refractivity contribution in [2.45, 2.75) is 45.3 Å². The molecule has 0 aromatic heterocycles. The molecule has 1 aromatic rings. The van der Waals surface area contributed by atoms with Crippen molar-refractivity contribution in [2.75, 3.05) is 11.9 Å². The first kappa shape index (κ1) is 17.5. The fraction of sp³-hybridized carbons (Fsp3) is 0.471. The molecule has 0 bridgehead atoms. The summed E-state index contributed by atoms with van der Waals surface area (Å²) in [6.07, 6.45) is 2.21. The van der Waals surface area contributed by atoms with Gasteiger partial charge in [0.05, 0.1) is 0 Å². The van der Waals surface area contributed by atoms with Crippen LogP contribution in [0.2, 0.25) is 0 Å². The van der Waals surface area contributed by atoms with E-state index in [4.69, 9.17) is 0 Å². The summed E-state index contributed by atoms with van der Waals surface area (Å²) in [7, 11) is 0. The van der Waals surface area contributed by atoms with Gasteiger partial charge in [-0.15, -0.1) is 0 Å². The predicted octanol–water partition coefficient (Wildman–Crippen LogP) is 3.02. The van der Waals surface area contributed by atoms with E-state index in [2.05, 4.69) is 22.5 Å². The third-order valence-electron chi connectivity index (χ3n) is 3.58. The molecule has 1 aromatic carbocycles. The summed E-state index contributed by atoms with van der Waals surface area (Å²) >= 11 is 1.34. The maximum Gasteiger partial charge on any atom is 0.240 e. The van der Waals surface area contributed by atoms with Gasteiger partial charge in [-0.3, -0.25) is 14.6 Å². The topological polar surface area (TPSA) is 70.6 Å². The van der Waals surface area contributed by atoms with Gasteiger partial charge in [0.15, 0.2) is 5.17 Å². The van der Waals surface area contributed by atoms with Gasteiger partial charge in [0.1, 0.15) is 5.25 Å². The highest BCUT2D eigenvalue weighted by molar-refractivity contribution is 8.15. The number of hydrogen-bond acceptors (Lipinski definition) is 4. The molecule has 23 heavy (non-hydrogen) atoms. The fourth-order valence-electron chi connectivity index (χ4n) is 2.19. The van der Waals surface area contributed by atoms with Crippen molar-refractivity contribution in [3.8, 4) is 0 Å². The highest BCUT2D eigenvalue weighted by atomic mass is 32.2. The normalized spacial score (nSPS) is 19.0. The number of benzene rings is 1. The van der Waals surface area contributed by atoms with E-state index in [0.29, 0.717) is 11.7 Å². The van der Waals surface area contributed by atoms with E-state index in [1.165, 1.54) is 11.8 Å². The average molecular weight is 333 g/mol. The lowest BCUT2D eigenvalue weighted by atomic mass is 10.1. The first-order valence-corrected chi connectivity index (χ1v) is 8.76. The Kier molecular flexibility index (Phi) is 6.21. The molecule has 5 nitrogen and oxygen atoms in total. The van der Waals surface area contributed by atoms with Crippen molar-refractivity contribution in [1.29, 1.82) is 0 Å². The fourth-order valence-corrected chi connectivity index (χ4v) is 3.19. The summed E-state index contributed by atoms with van der Waals surface area (Å²) in [5, 5.41) is 5.87. The van der Waals surface area contributed by atoms with Crippen LogP contribution in [0.5, 0.6) is 0 Å². The maximum absolute atomic E-state index is 12.2. The van der Waals surface area contributed by atoms with Gasteiger partial charge in [-0.25, -0.2) is 0 Å². The molecule has 0 aliphatic carbocycles. The molecular weight excluding hydrogens is 310 g/mol. The lowest BCUT2D eigenvalue weighted by molar-refractivity contribution is -0.122. The van der Waals surface area contributed by atoms with E-state index in [-0.39, 0.29) is 18.2 Å². The first-order valence-electron chi connectivity index (χ1n) is 7.88. The molecule has 2 rings (SSSR count). The van der Waals surface area contributed by atoms with Crippen LogP contribution in [0.15, 0.2) is 23.2 Å². The van der Waals surface area contributed by atoms with E-state index < -0.39 is 5.25 Å². The van der Waals surface area contributed by atoms with E-state index in [1.807, 2.05) is 32.0 Å². The zero-order valence-electron chi connectivity index (χ0n) is 13.8. The number of aliphatic imine (C=N–C) groups is 1. The Bertz CT molecular complexity index is 628. The van der Waals surface area contributed by atoms with Crippen LogP contribution in [0.4, 0.5) is 5.69 Å². The lowest BCUT2D eigenvalue weighted by Gasteiger charge is -2.10. The zero-order valence-corrected chi connectivity index (χ0v) is 14.6. The molecule has 1 fully saturated rings. The smallest absolute Gasteiger partial charge is 0.240 e. The monoisotopic (exact) mass is 333 g/mol. The minimum absolute atomic E-state index is 0.138. The summed E-state index contributed by atoms with van der Waals surface area (Å²) in [4.78, 5) is 28.5. The second-order valence-corrected chi connectivity index (χ2v) is 6.90. The molecule has 0 spiro atoms. The second kappa shape index (κ2) is 8.15. The summed E-state index contributed by atoms with van der Waals surface area (Å²) in [6, 6.07) is 5.91. The summed E-state index contributed by atoms with van der Waals surface area (Å²) < 4.78 is 0. The van der Waals surface area contributed by atoms with Crippen molar-refractivity contribution in [3.05, 3.63) is 29.3 Å². The lowest BCUT2D eigenvalue weighted by Crippen LogP contribution is -2.28. The van der Waals surface area contributed by atoms with Crippen LogP contribution in [0.3, 0.4) is 0 Å². The minimum Gasteiger partial charge on any atom is -0.326 e. The molecule has 1 aliphatic rings. The zero-order chi connectivity index (χ0) is 16.8. The molecule has 0 radical (unpaired) electrons. The molecule has 6 heteroatoms. The summed E-state index contributed by atoms with van der Waals surface area (Å²) in [6.45, 7) is 6.74. The number of aryl methyl sites for hydroxylation is 2. The Balaban J connectivity index is 1.91. The molecule has 1 heterocycles. The largest absolute Gasteiger partial charge is 0.326 e. The minimum atomic E-state index is -0.402. The van der Waals surface area contributed by atoms with Crippen LogP contribution in [0.1, 0.15) is 37.3 Å². The summed E-state index contributed by atoms with van der Waals surface area (Å²) in [5.41, 5.74) is 2.90. The highest BCUT2D eigenvalue weighted by Gasteiger charge is 2.31. The third kappa shape index (κ3) is 5.10. The molecule has 1 saturated heterocycles. The number of rotatable bonds is 6. The van der Waals surface area contributed by atoms with E-state index >= 15 is 0 Å². The molecular formula is C17H23N3O2S. The van der Waals surface area contributed by atoms with Crippen molar-refractivity contribution in [1.82, 2.24) is 5.32 Å². The van der Waals surface area contributed by atoms with Gasteiger partial charge in [0, 0.05) is 18.7 Å². The second-order valence-electron chi connectivity index (χ2n) is 5.71. The quantitative estimate of drug-likeness (QED) is 0.786. The van der Waals surface area contributed by atoms with Crippen molar-refractivity contribution < 1.29 is 9.59 Å². The van der Waals surface area contributed by atoms with Crippen molar-refractivity contribution in [3.63, 3.8) is 0 Å². The number of carbonyl (C=O) groups excluding carboxylic acids is 2. The number of nitrogens with zero attached hydrogens (tertiary/aromatic N) is 1. The first-order chi connectivity index (χ1) is 11.0. The maximum atomic E-state index is 12.2. The van der Waals surface area contributed by atoms with Crippen LogP contribution in [0.25, 0.3) is 0 Å². The van der Waals surface area contributed by atoms with Crippen LogP contribution < -0.4 is 10.6 Å². The number of hydrogen-bond donors (Lipinski definition) is 2. The Morgan fingerprint density at radius 2 is 2.17 bits per heavy atom. The van der Waals surface area contributed by atoms with Gasteiger partial charge >= 0.3 is 0 Å². The van der Waals surface area contributed by atoms with E-state index in [0.717, 1.165) is 29.7 Å². The summed E-state index contributed by atoms with van der Waals surface area (Å²) in [5.74, 6) is -0.289. The number of amidine groups is 1. The van der Waals surface area contributed by atoms with E-state index in [1.54, 1.807) is 0 Å². The van der Waals surface area contributed by atoms with Gasteiger partial charge in [-0.2, -0.15) is 0 Å². The van der Waals surface area contributed by atoms with Gasteiger partial charge in [-0.1, -0.05) is 37.2 Å². The van der Waals surface area contributed by atoms with Gasteiger partial charge < -0.3 is 10.6 Å². The Labute approximate surface area is 141 Å². The Morgan fingerprint density at radius 1 is 1.39 bits per heavy atom. The highest BCUT2D eigenvalue weighted by Crippen LogP contribution is 2.24. The molecule has 0 unspecified atom stereocenters. The Morgan fingerprint density at radius 3 is 2.91 bits per heavy atom. The number of thioether (sulfide) groups is 1. The third-order valence-corrected chi connectivity index (χ3v) is 4.70. The molecule has 0 saturated carbocycles. The van der Waals surface area contributed by atoms with Crippen LogP contribution in [-0.4, -0.2) is 28.8 Å². The van der Waals surface area contributed by atoms with Crippen LogP contribution in [-0.2, 0) is 9.59 Å². The number of amides is 2. The average Bonchev–Trinajstić information content (AvgIpc) is 2.83. The number of nitrogens with one attached hydrogen (secondary N) is 2. The van der Waals surface area contributed by atoms with Crippen molar-refractivity contribution in [2.24, 2.45) is 4.99 Å². The van der Waals surface area contributed by atoms with Crippen LogP contribution >= 0.6 is 11.8 Å². The molecule has 2 amide bonds. The van der Waals surface area contributed by atoms with E-state index in [9.17, 15) is 9.59 Å². The van der Waals surface area contributed by atoms with Gasteiger partial charge in [-0.05, 0) is 37.5 Å². The molecule has 1 atom stereocenters. The standard InChI is InChI=1S/C17H23N3O2S/c1-4-5-8-18-17-20-16(22)14(23-17)10-15(21)19-13-9-11(2)6-7-12(13)3/h6-7,9,14H,4-5,8,10H2,1-3H3,(H,19,21)(H,18,20,22)/t14-/m1/s1. The number of carbonyl (C=O) groups is 2.